The molecular formula is C13H14Br2N2O2S2. The second kappa shape index (κ2) is 6.89. The van der Waals surface area contributed by atoms with Crippen molar-refractivity contribution in [3.05, 3.63) is 48.5 Å². The molecule has 3 N–H and O–H groups in total. The Labute approximate surface area is 145 Å². The number of hydrogen-bond acceptors (Lipinski definition) is 4. The van der Waals surface area contributed by atoms with Crippen LogP contribution in [0, 0.1) is 6.92 Å². The standard InChI is InChI=1S/C13H14Br2N2O2S2/c1-8-12(15)2-9(5-16)3-13(8)21(18,19)17-6-11-4-10(14)7-20-11/h2-4,7,17H,5-6,16H2,1H3. The Morgan fingerprint density at radius 2 is 2.00 bits per heavy atom. The minimum absolute atomic E-state index is 0.257. The molecule has 4 nitrogen and oxygen atoms in total. The van der Waals surface area contributed by atoms with Crippen molar-refractivity contribution < 1.29 is 8.42 Å². The lowest BCUT2D eigenvalue weighted by Gasteiger charge is -2.12. The quantitative estimate of drug-likeness (QED) is 0.727. The molecule has 2 aromatic rings. The number of nitrogens with two attached hydrogens (primary N) is 1. The number of thiophene rings is 1. The summed E-state index contributed by atoms with van der Waals surface area (Å²) in [6.45, 7) is 2.32. The number of benzene rings is 1. The van der Waals surface area contributed by atoms with E-state index in [0.717, 1.165) is 19.4 Å². The van der Waals surface area contributed by atoms with Crippen molar-refractivity contribution in [3.63, 3.8) is 0 Å². The van der Waals surface area contributed by atoms with Gasteiger partial charge in [0.2, 0.25) is 10.0 Å². The van der Waals surface area contributed by atoms with Crippen molar-refractivity contribution >= 4 is 53.2 Å². The van der Waals surface area contributed by atoms with Crippen LogP contribution in [0.3, 0.4) is 0 Å². The third kappa shape index (κ3) is 4.14. The minimum atomic E-state index is -3.58. The Hall–Kier alpha value is -0.250. The molecule has 0 aliphatic heterocycles. The predicted molar refractivity (Wildman–Crippen MR) is 92.8 cm³/mol. The normalized spacial score (nSPS) is 11.8. The van der Waals surface area contributed by atoms with Gasteiger partial charge in [-0.3, -0.25) is 0 Å². The van der Waals surface area contributed by atoms with Crippen LogP contribution in [0.5, 0.6) is 0 Å². The summed E-state index contributed by atoms with van der Waals surface area (Å²) >= 11 is 8.23. The molecule has 21 heavy (non-hydrogen) atoms. The van der Waals surface area contributed by atoms with Crippen LogP contribution in [0.2, 0.25) is 0 Å². The summed E-state index contributed by atoms with van der Waals surface area (Å²) in [7, 11) is -3.58. The minimum Gasteiger partial charge on any atom is -0.326 e. The van der Waals surface area contributed by atoms with Crippen LogP contribution in [-0.2, 0) is 23.1 Å². The summed E-state index contributed by atoms with van der Waals surface area (Å²) < 4.78 is 29.3. The molecule has 0 atom stereocenters. The summed E-state index contributed by atoms with van der Waals surface area (Å²) in [5, 5.41) is 1.92. The van der Waals surface area contributed by atoms with Gasteiger partial charge < -0.3 is 5.73 Å². The highest BCUT2D eigenvalue weighted by Gasteiger charge is 2.19. The lowest BCUT2D eigenvalue weighted by atomic mass is 10.1. The molecule has 0 saturated heterocycles. The first-order valence-electron chi connectivity index (χ1n) is 6.05. The van der Waals surface area contributed by atoms with E-state index < -0.39 is 10.0 Å². The van der Waals surface area contributed by atoms with Crippen LogP contribution in [0.4, 0.5) is 0 Å². The van der Waals surface area contributed by atoms with E-state index in [1.165, 1.54) is 11.3 Å². The molecule has 0 spiro atoms. The van der Waals surface area contributed by atoms with Crippen LogP contribution >= 0.6 is 43.2 Å². The summed E-state index contributed by atoms with van der Waals surface area (Å²) in [5.74, 6) is 0. The Balaban J connectivity index is 2.29. The molecule has 0 saturated carbocycles. The predicted octanol–water partition coefficient (Wildman–Crippen LogP) is 3.52. The number of hydrogen-bond donors (Lipinski definition) is 2. The second-order valence-corrected chi connectivity index (χ2v) is 8.96. The lowest BCUT2D eigenvalue weighted by molar-refractivity contribution is 0.581. The highest BCUT2D eigenvalue weighted by atomic mass is 79.9. The second-order valence-electron chi connectivity index (χ2n) is 4.46. The van der Waals surface area contributed by atoms with Crippen LogP contribution in [0.25, 0.3) is 0 Å². The molecule has 1 heterocycles. The first kappa shape index (κ1) is 17.1. The average Bonchev–Trinajstić information content (AvgIpc) is 2.85. The Morgan fingerprint density at radius 3 is 2.57 bits per heavy atom. The third-order valence-electron chi connectivity index (χ3n) is 2.94. The van der Waals surface area contributed by atoms with E-state index in [4.69, 9.17) is 5.73 Å². The monoisotopic (exact) mass is 452 g/mol. The van der Waals surface area contributed by atoms with E-state index in [-0.39, 0.29) is 11.4 Å². The maximum atomic E-state index is 12.5. The van der Waals surface area contributed by atoms with Gasteiger partial charge in [0.05, 0.1) is 4.90 Å². The summed E-state index contributed by atoms with van der Waals surface area (Å²) in [5.41, 5.74) is 7.05. The van der Waals surface area contributed by atoms with Crippen molar-refractivity contribution in [2.24, 2.45) is 5.73 Å². The zero-order valence-corrected chi connectivity index (χ0v) is 16.0. The van der Waals surface area contributed by atoms with Gasteiger partial charge in [-0.25, -0.2) is 13.1 Å². The Morgan fingerprint density at radius 1 is 1.29 bits per heavy atom. The van der Waals surface area contributed by atoms with Crippen molar-refractivity contribution in [2.45, 2.75) is 24.9 Å². The molecule has 114 valence electrons. The first-order chi connectivity index (χ1) is 9.83. The van der Waals surface area contributed by atoms with Crippen molar-refractivity contribution in [3.8, 4) is 0 Å². The van der Waals surface area contributed by atoms with Gasteiger partial charge >= 0.3 is 0 Å². The van der Waals surface area contributed by atoms with E-state index in [2.05, 4.69) is 36.6 Å². The van der Waals surface area contributed by atoms with Gasteiger partial charge in [-0.1, -0.05) is 15.9 Å². The number of rotatable bonds is 5. The maximum Gasteiger partial charge on any atom is 0.241 e. The smallest absolute Gasteiger partial charge is 0.241 e. The molecule has 8 heteroatoms. The van der Waals surface area contributed by atoms with Gasteiger partial charge in [0.25, 0.3) is 0 Å². The zero-order valence-electron chi connectivity index (χ0n) is 11.2. The van der Waals surface area contributed by atoms with E-state index >= 15 is 0 Å². The third-order valence-corrected chi connectivity index (χ3v) is 6.99. The first-order valence-corrected chi connectivity index (χ1v) is 10.00. The summed E-state index contributed by atoms with van der Waals surface area (Å²) in [6.07, 6.45) is 0. The van der Waals surface area contributed by atoms with E-state index in [9.17, 15) is 8.42 Å². The van der Waals surface area contributed by atoms with Gasteiger partial charge in [-0.15, -0.1) is 11.3 Å². The van der Waals surface area contributed by atoms with Gasteiger partial charge in [0, 0.05) is 32.3 Å². The van der Waals surface area contributed by atoms with Gasteiger partial charge in [-0.05, 0) is 52.2 Å². The van der Waals surface area contributed by atoms with Crippen molar-refractivity contribution in [1.82, 2.24) is 4.72 Å². The molecule has 1 aromatic heterocycles. The molecule has 0 aliphatic carbocycles. The number of sulfonamides is 1. The molecule has 0 fully saturated rings. The fourth-order valence-electron chi connectivity index (χ4n) is 1.79. The van der Waals surface area contributed by atoms with Crippen LogP contribution in [-0.4, -0.2) is 8.42 Å². The lowest BCUT2D eigenvalue weighted by Crippen LogP contribution is -2.24. The van der Waals surface area contributed by atoms with Crippen molar-refractivity contribution in [2.75, 3.05) is 0 Å². The van der Waals surface area contributed by atoms with E-state index in [1.54, 1.807) is 13.0 Å². The summed E-state index contributed by atoms with van der Waals surface area (Å²) in [6, 6.07) is 5.35. The molecular weight excluding hydrogens is 440 g/mol. The fourth-order valence-corrected chi connectivity index (χ4v) is 5.24. The molecule has 0 aliphatic rings. The maximum absolute atomic E-state index is 12.5. The van der Waals surface area contributed by atoms with Crippen molar-refractivity contribution in [1.29, 1.82) is 0 Å². The van der Waals surface area contributed by atoms with Crippen LogP contribution < -0.4 is 10.5 Å². The molecule has 0 unspecified atom stereocenters. The molecule has 1 aromatic carbocycles. The van der Waals surface area contributed by atoms with Crippen LogP contribution in [0.15, 0.2) is 37.4 Å². The number of nitrogens with one attached hydrogen (secondary N) is 1. The van der Waals surface area contributed by atoms with Crippen LogP contribution in [0.1, 0.15) is 16.0 Å². The highest BCUT2D eigenvalue weighted by molar-refractivity contribution is 9.10. The Kier molecular flexibility index (Phi) is 5.61. The summed E-state index contributed by atoms with van der Waals surface area (Å²) in [4.78, 5) is 1.20. The average molecular weight is 454 g/mol. The van der Waals surface area contributed by atoms with Gasteiger partial charge in [0.1, 0.15) is 0 Å². The van der Waals surface area contributed by atoms with Gasteiger partial charge in [-0.2, -0.15) is 0 Å². The Bertz CT molecular complexity index is 758. The molecule has 0 amide bonds. The number of halogens is 2. The molecule has 2 rings (SSSR count). The fraction of sp³-hybridized carbons (Fsp3) is 0.231. The van der Waals surface area contributed by atoms with Gasteiger partial charge in [0.15, 0.2) is 0 Å². The topological polar surface area (TPSA) is 72.2 Å². The molecule has 0 bridgehead atoms. The SMILES string of the molecule is Cc1c(Br)cc(CN)cc1S(=O)(=O)NCc1cc(Br)cs1. The largest absolute Gasteiger partial charge is 0.326 e. The zero-order chi connectivity index (χ0) is 15.6. The van der Waals surface area contributed by atoms with E-state index in [0.29, 0.717) is 12.1 Å². The highest BCUT2D eigenvalue weighted by Crippen LogP contribution is 2.26. The molecule has 0 radical (unpaired) electrons. The van der Waals surface area contributed by atoms with E-state index in [1.807, 2.05) is 17.5 Å².